The molecule has 5 rings (SSSR count). The lowest BCUT2D eigenvalue weighted by Crippen LogP contribution is -2.44. The van der Waals surface area contributed by atoms with E-state index in [2.05, 4.69) is 20.1 Å². The van der Waals surface area contributed by atoms with Gasteiger partial charge < -0.3 is 14.2 Å². The number of rotatable bonds is 3. The molecule has 4 heterocycles. The van der Waals surface area contributed by atoms with Crippen LogP contribution < -0.4 is 0 Å². The first-order valence-electron chi connectivity index (χ1n) is 9.34. The highest BCUT2D eigenvalue weighted by Gasteiger charge is 2.34. The standard InChI is InChI=1S/C20H19N7O2/c1-25-13-23-17-15(7-8-21-19(17)25)20(28)26-9-10-29-11-16(26)18-22-12-24-27(18)14-5-3-2-4-6-14/h2-8,12-13,16H,9-11H2,1H3. The number of hydrogen-bond donors (Lipinski definition) is 0. The van der Waals surface area contributed by atoms with Crippen molar-refractivity contribution in [2.75, 3.05) is 19.8 Å². The molecule has 0 N–H and O–H groups in total. The van der Waals surface area contributed by atoms with Crippen LogP contribution in [0.5, 0.6) is 0 Å². The summed E-state index contributed by atoms with van der Waals surface area (Å²) in [4.78, 5) is 28.5. The van der Waals surface area contributed by atoms with Gasteiger partial charge in [0.25, 0.3) is 5.91 Å². The molecule has 1 fully saturated rings. The highest BCUT2D eigenvalue weighted by molar-refractivity contribution is 6.04. The number of aryl methyl sites for hydroxylation is 1. The second-order valence-electron chi connectivity index (χ2n) is 6.84. The minimum atomic E-state index is -0.356. The molecule has 3 aromatic heterocycles. The van der Waals surface area contributed by atoms with E-state index in [4.69, 9.17) is 4.74 Å². The van der Waals surface area contributed by atoms with Crippen molar-refractivity contribution in [1.82, 2.24) is 34.2 Å². The maximum atomic E-state index is 13.5. The quantitative estimate of drug-likeness (QED) is 0.530. The largest absolute Gasteiger partial charge is 0.377 e. The number of hydrogen-bond acceptors (Lipinski definition) is 6. The van der Waals surface area contributed by atoms with E-state index in [0.29, 0.717) is 42.3 Å². The predicted octanol–water partition coefficient (Wildman–Crippen LogP) is 1.76. The fourth-order valence-electron chi connectivity index (χ4n) is 3.66. The van der Waals surface area contributed by atoms with Crippen LogP contribution in [-0.2, 0) is 11.8 Å². The lowest BCUT2D eigenvalue weighted by atomic mass is 10.1. The summed E-state index contributed by atoms with van der Waals surface area (Å²) < 4.78 is 9.25. The van der Waals surface area contributed by atoms with Gasteiger partial charge in [-0.05, 0) is 18.2 Å². The molecule has 1 aliphatic heterocycles. The Balaban J connectivity index is 1.55. The third-order valence-electron chi connectivity index (χ3n) is 5.09. The summed E-state index contributed by atoms with van der Waals surface area (Å²) >= 11 is 0. The van der Waals surface area contributed by atoms with Crippen molar-refractivity contribution in [3.63, 3.8) is 0 Å². The normalized spacial score (nSPS) is 17.0. The molecule has 0 aliphatic carbocycles. The molecular weight excluding hydrogens is 370 g/mol. The number of nitrogens with zero attached hydrogens (tertiary/aromatic N) is 7. The van der Waals surface area contributed by atoms with E-state index in [9.17, 15) is 4.79 Å². The summed E-state index contributed by atoms with van der Waals surface area (Å²) in [5.41, 5.74) is 2.67. The van der Waals surface area contributed by atoms with Crippen molar-refractivity contribution in [2.45, 2.75) is 6.04 Å². The van der Waals surface area contributed by atoms with Gasteiger partial charge in [-0.2, -0.15) is 5.10 Å². The van der Waals surface area contributed by atoms with E-state index in [1.165, 1.54) is 6.33 Å². The van der Waals surface area contributed by atoms with E-state index in [1.807, 2.05) is 37.4 Å². The number of carbonyl (C=O) groups excluding carboxylic acids is 1. The number of pyridine rings is 1. The second-order valence-corrected chi connectivity index (χ2v) is 6.84. The van der Waals surface area contributed by atoms with Crippen LogP contribution in [0, 0.1) is 0 Å². The van der Waals surface area contributed by atoms with E-state index in [0.717, 1.165) is 5.69 Å². The topological polar surface area (TPSA) is 91.0 Å². The smallest absolute Gasteiger partial charge is 0.257 e. The average Bonchev–Trinajstić information content (AvgIpc) is 3.41. The number of benzene rings is 1. The molecule has 1 atom stereocenters. The van der Waals surface area contributed by atoms with E-state index >= 15 is 0 Å². The number of carbonyl (C=O) groups is 1. The van der Waals surface area contributed by atoms with Crippen LogP contribution in [0.15, 0.2) is 55.2 Å². The molecular formula is C20H19N7O2. The summed E-state index contributed by atoms with van der Waals surface area (Å²) in [5, 5.41) is 4.37. The summed E-state index contributed by atoms with van der Waals surface area (Å²) in [6.45, 7) is 1.29. The van der Waals surface area contributed by atoms with Gasteiger partial charge in [-0.1, -0.05) is 18.2 Å². The van der Waals surface area contributed by atoms with Crippen LogP contribution in [0.1, 0.15) is 22.2 Å². The Morgan fingerprint density at radius 1 is 1.14 bits per heavy atom. The summed E-state index contributed by atoms with van der Waals surface area (Å²) in [6, 6.07) is 11.1. The first kappa shape index (κ1) is 17.5. The SMILES string of the molecule is Cn1cnc2c(C(=O)N3CCOCC3c3ncnn3-c3ccccc3)ccnc21. The molecule has 9 heteroatoms. The van der Waals surface area contributed by atoms with Crippen LogP contribution in [0.25, 0.3) is 16.9 Å². The van der Waals surface area contributed by atoms with E-state index in [-0.39, 0.29) is 11.9 Å². The lowest BCUT2D eigenvalue weighted by Gasteiger charge is -2.35. The molecule has 146 valence electrons. The van der Waals surface area contributed by atoms with Crippen LogP contribution in [0.2, 0.25) is 0 Å². The summed E-state index contributed by atoms with van der Waals surface area (Å²) in [5.74, 6) is 0.544. The van der Waals surface area contributed by atoms with Gasteiger partial charge in [0.2, 0.25) is 0 Å². The van der Waals surface area contributed by atoms with Crippen molar-refractivity contribution in [2.24, 2.45) is 7.05 Å². The Labute approximate surface area is 166 Å². The van der Waals surface area contributed by atoms with E-state index in [1.54, 1.807) is 32.7 Å². The van der Waals surface area contributed by atoms with Gasteiger partial charge in [0.15, 0.2) is 11.5 Å². The predicted molar refractivity (Wildman–Crippen MR) is 104 cm³/mol. The molecule has 1 amide bonds. The highest BCUT2D eigenvalue weighted by atomic mass is 16.5. The second kappa shape index (κ2) is 7.10. The van der Waals surface area contributed by atoms with Crippen LogP contribution in [0.4, 0.5) is 0 Å². The number of ether oxygens (including phenoxy) is 1. The molecule has 1 aromatic carbocycles. The Hall–Kier alpha value is -3.59. The molecule has 0 bridgehead atoms. The molecule has 1 saturated heterocycles. The van der Waals surface area contributed by atoms with Crippen molar-refractivity contribution in [1.29, 1.82) is 0 Å². The molecule has 0 spiro atoms. The number of imidazole rings is 1. The number of morpholine rings is 1. The number of aromatic nitrogens is 6. The van der Waals surface area contributed by atoms with Gasteiger partial charge in [-0.25, -0.2) is 19.6 Å². The van der Waals surface area contributed by atoms with Crippen molar-refractivity contribution in [3.8, 4) is 5.69 Å². The maximum absolute atomic E-state index is 13.5. The zero-order valence-corrected chi connectivity index (χ0v) is 15.8. The molecule has 9 nitrogen and oxygen atoms in total. The first-order valence-corrected chi connectivity index (χ1v) is 9.34. The highest BCUT2D eigenvalue weighted by Crippen LogP contribution is 2.27. The average molecular weight is 389 g/mol. The fraction of sp³-hybridized carbons (Fsp3) is 0.250. The Morgan fingerprint density at radius 3 is 2.86 bits per heavy atom. The third-order valence-corrected chi connectivity index (χ3v) is 5.09. The molecule has 1 unspecified atom stereocenters. The molecule has 1 aliphatic rings. The van der Waals surface area contributed by atoms with E-state index < -0.39 is 0 Å². The van der Waals surface area contributed by atoms with Gasteiger partial charge in [0.1, 0.15) is 17.9 Å². The lowest BCUT2D eigenvalue weighted by molar-refractivity contribution is -0.00570. The monoisotopic (exact) mass is 389 g/mol. The third kappa shape index (κ3) is 2.95. The number of amides is 1. The van der Waals surface area contributed by atoms with Crippen molar-refractivity contribution >= 4 is 17.1 Å². The van der Waals surface area contributed by atoms with Gasteiger partial charge in [-0.15, -0.1) is 0 Å². The summed E-state index contributed by atoms with van der Waals surface area (Å²) in [7, 11) is 1.86. The Bertz CT molecular complexity index is 1170. The Kier molecular flexibility index (Phi) is 4.28. The number of para-hydroxylation sites is 1. The van der Waals surface area contributed by atoms with Crippen molar-refractivity contribution < 1.29 is 9.53 Å². The zero-order valence-electron chi connectivity index (χ0n) is 15.8. The zero-order chi connectivity index (χ0) is 19.8. The molecule has 29 heavy (non-hydrogen) atoms. The maximum Gasteiger partial charge on any atom is 0.257 e. The number of fused-ring (bicyclic) bond motifs is 1. The van der Waals surface area contributed by atoms with Crippen LogP contribution in [0.3, 0.4) is 0 Å². The first-order chi connectivity index (χ1) is 14.2. The van der Waals surface area contributed by atoms with Gasteiger partial charge in [0.05, 0.1) is 30.8 Å². The summed E-state index contributed by atoms with van der Waals surface area (Å²) in [6.07, 6.45) is 4.80. The molecule has 0 saturated carbocycles. The van der Waals surface area contributed by atoms with Crippen LogP contribution in [-0.4, -0.2) is 59.9 Å². The fourth-order valence-corrected chi connectivity index (χ4v) is 3.66. The molecule has 0 radical (unpaired) electrons. The minimum Gasteiger partial charge on any atom is -0.377 e. The van der Waals surface area contributed by atoms with Crippen LogP contribution >= 0.6 is 0 Å². The van der Waals surface area contributed by atoms with Crippen molar-refractivity contribution in [3.05, 3.63) is 66.6 Å². The van der Waals surface area contributed by atoms with Gasteiger partial charge >= 0.3 is 0 Å². The minimum absolute atomic E-state index is 0.119. The Morgan fingerprint density at radius 2 is 2.00 bits per heavy atom. The van der Waals surface area contributed by atoms with Gasteiger partial charge in [0, 0.05) is 19.8 Å². The van der Waals surface area contributed by atoms with Gasteiger partial charge in [-0.3, -0.25) is 4.79 Å². The molecule has 4 aromatic rings.